The van der Waals surface area contributed by atoms with E-state index in [4.69, 9.17) is 4.74 Å². The molecule has 15 heteroatoms. The zero-order valence-electron chi connectivity index (χ0n) is 16.3. The van der Waals surface area contributed by atoms with Gasteiger partial charge in [0.05, 0.1) is 12.5 Å². The van der Waals surface area contributed by atoms with Gasteiger partial charge in [0.25, 0.3) is 0 Å². The Morgan fingerprint density at radius 2 is 1.25 bits per heavy atom. The van der Waals surface area contributed by atoms with Crippen molar-refractivity contribution in [2.24, 2.45) is 5.41 Å². The molecule has 0 N–H and O–H groups in total. The molecule has 1 aliphatic rings. The third-order valence-electron chi connectivity index (χ3n) is 4.38. The highest BCUT2D eigenvalue weighted by molar-refractivity contribution is 7.88. The highest BCUT2D eigenvalue weighted by Crippen LogP contribution is 2.46. The van der Waals surface area contributed by atoms with E-state index in [1.54, 1.807) is 0 Å². The van der Waals surface area contributed by atoms with Crippen LogP contribution in [0, 0.1) is 5.41 Å². The average molecular weight is 510 g/mol. The molecular weight excluding hydrogens is 494 g/mol. The highest BCUT2D eigenvalue weighted by atomic mass is 32.2. The maximum atomic E-state index is 12.8. The van der Waals surface area contributed by atoms with Gasteiger partial charge in [-0.25, -0.2) is 0 Å². The van der Waals surface area contributed by atoms with E-state index in [9.17, 15) is 43.2 Å². The Morgan fingerprint density at radius 1 is 0.844 bits per heavy atom. The molecule has 2 rings (SSSR count). The summed E-state index contributed by atoms with van der Waals surface area (Å²) in [7, 11) is -11.1. The van der Waals surface area contributed by atoms with Crippen LogP contribution in [0.4, 0.5) is 26.3 Å². The molecule has 0 aliphatic heterocycles. The van der Waals surface area contributed by atoms with E-state index < -0.39 is 61.0 Å². The summed E-state index contributed by atoms with van der Waals surface area (Å²) < 4.78 is 136. The number of hydrogen-bond donors (Lipinski definition) is 0. The van der Waals surface area contributed by atoms with Gasteiger partial charge in [-0.3, -0.25) is 0 Å². The van der Waals surface area contributed by atoms with Crippen molar-refractivity contribution in [3.63, 3.8) is 0 Å². The molecule has 0 bridgehead atoms. The standard InChI is InChI=1S/C17H16F6O7S2/c1-15(10-11-6-8-12(28-2)9-7-11)13(29-31(24,25)16(18,19)20)4-3-5-14(15)30-32(26,27)17(21,22)23/h4-9H,3,10H2,1-2H3. The zero-order valence-corrected chi connectivity index (χ0v) is 18.0. The lowest BCUT2D eigenvalue weighted by Crippen LogP contribution is -2.36. The number of alkyl halides is 6. The molecule has 0 aromatic heterocycles. The first-order valence-electron chi connectivity index (χ1n) is 8.49. The van der Waals surface area contributed by atoms with Crippen molar-refractivity contribution >= 4 is 20.2 Å². The van der Waals surface area contributed by atoms with E-state index in [0.717, 1.165) is 19.1 Å². The maximum Gasteiger partial charge on any atom is 0.534 e. The molecule has 0 spiro atoms. The van der Waals surface area contributed by atoms with Gasteiger partial charge in [0.1, 0.15) is 17.3 Å². The molecule has 0 fully saturated rings. The van der Waals surface area contributed by atoms with Gasteiger partial charge in [-0.15, -0.1) is 0 Å². The van der Waals surface area contributed by atoms with E-state index >= 15 is 0 Å². The highest BCUT2D eigenvalue weighted by Gasteiger charge is 2.54. The van der Waals surface area contributed by atoms with Crippen molar-refractivity contribution in [2.75, 3.05) is 7.11 Å². The number of ether oxygens (including phenoxy) is 1. The van der Waals surface area contributed by atoms with E-state index in [2.05, 4.69) is 8.37 Å². The minimum atomic E-state index is -6.21. The molecule has 0 heterocycles. The van der Waals surface area contributed by atoms with Crippen LogP contribution in [0.1, 0.15) is 18.9 Å². The monoisotopic (exact) mass is 510 g/mol. The van der Waals surface area contributed by atoms with Gasteiger partial charge in [0.2, 0.25) is 0 Å². The number of benzene rings is 1. The molecule has 0 radical (unpaired) electrons. The summed E-state index contributed by atoms with van der Waals surface area (Å²) in [5.74, 6) is -1.51. The Balaban J connectivity index is 2.54. The van der Waals surface area contributed by atoms with Crippen LogP contribution in [0.25, 0.3) is 0 Å². The van der Waals surface area contributed by atoms with Gasteiger partial charge in [-0.05, 0) is 49.6 Å². The minimum Gasteiger partial charge on any atom is -0.497 e. The van der Waals surface area contributed by atoms with Gasteiger partial charge >= 0.3 is 31.3 Å². The topological polar surface area (TPSA) is 96.0 Å². The molecule has 180 valence electrons. The lowest BCUT2D eigenvalue weighted by Gasteiger charge is -2.35. The third kappa shape index (κ3) is 5.31. The molecule has 0 atom stereocenters. The van der Waals surface area contributed by atoms with Crippen molar-refractivity contribution in [1.82, 2.24) is 0 Å². The number of hydrogen-bond acceptors (Lipinski definition) is 7. The molecule has 0 saturated carbocycles. The average Bonchev–Trinajstić information content (AvgIpc) is 2.64. The summed E-state index contributed by atoms with van der Waals surface area (Å²) in [4.78, 5) is 0. The number of allylic oxidation sites excluding steroid dienone is 2. The van der Waals surface area contributed by atoms with Crippen LogP contribution in [0.5, 0.6) is 5.75 Å². The number of rotatable bonds is 7. The first-order chi connectivity index (χ1) is 14.4. The maximum absolute atomic E-state index is 12.8. The van der Waals surface area contributed by atoms with E-state index in [0.29, 0.717) is 5.75 Å². The lowest BCUT2D eigenvalue weighted by atomic mass is 9.77. The second-order valence-corrected chi connectivity index (χ2v) is 9.77. The van der Waals surface area contributed by atoms with E-state index in [1.165, 1.54) is 31.4 Å². The first-order valence-corrected chi connectivity index (χ1v) is 11.3. The van der Waals surface area contributed by atoms with E-state index in [1.807, 2.05) is 0 Å². The lowest BCUT2D eigenvalue weighted by molar-refractivity contribution is -0.0546. The molecular formula is C17H16F6O7S2. The third-order valence-corrected chi connectivity index (χ3v) is 6.31. The van der Waals surface area contributed by atoms with Crippen LogP contribution in [-0.4, -0.2) is 35.0 Å². The second kappa shape index (κ2) is 8.50. The van der Waals surface area contributed by atoms with Crippen molar-refractivity contribution in [3.05, 3.63) is 53.5 Å². The molecule has 0 saturated heterocycles. The minimum absolute atomic E-state index is 0.271. The SMILES string of the molecule is COc1ccc(CC2(C)C(OS(=O)(=O)C(F)(F)F)=CCC=C2OS(=O)(=O)C(F)(F)F)cc1. The summed E-state index contributed by atoms with van der Waals surface area (Å²) in [5.41, 5.74) is -13.6. The summed E-state index contributed by atoms with van der Waals surface area (Å²) in [6.45, 7) is 0.992. The van der Waals surface area contributed by atoms with Crippen molar-refractivity contribution < 1.29 is 56.3 Å². The quantitative estimate of drug-likeness (QED) is 0.309. The fourth-order valence-electron chi connectivity index (χ4n) is 2.75. The Kier molecular flexibility index (Phi) is 6.86. The van der Waals surface area contributed by atoms with Crippen LogP contribution in [0.2, 0.25) is 0 Å². The number of methoxy groups -OCH3 is 1. The predicted octanol–water partition coefficient (Wildman–Crippen LogP) is 4.15. The normalized spacial score (nSPS) is 17.2. The Bertz CT molecular complexity index is 1050. The summed E-state index contributed by atoms with van der Waals surface area (Å²) in [6, 6.07) is 5.64. The molecule has 1 aromatic carbocycles. The Labute approximate surface area is 179 Å². The first kappa shape index (κ1) is 25.8. The van der Waals surface area contributed by atoms with Crippen LogP contribution in [-0.2, 0) is 35.0 Å². The van der Waals surface area contributed by atoms with Crippen LogP contribution < -0.4 is 4.74 Å². The molecule has 0 amide bonds. The zero-order chi connectivity index (χ0) is 24.6. The van der Waals surface area contributed by atoms with Gasteiger partial charge in [-0.2, -0.15) is 43.2 Å². The largest absolute Gasteiger partial charge is 0.534 e. The molecule has 7 nitrogen and oxygen atoms in total. The number of halogens is 6. The molecule has 0 unspecified atom stereocenters. The van der Waals surface area contributed by atoms with Crippen molar-refractivity contribution in [3.8, 4) is 5.75 Å². The summed E-state index contributed by atoms with van der Waals surface area (Å²) in [6.07, 6.45) is 0.818. The Morgan fingerprint density at radius 3 is 1.59 bits per heavy atom. The van der Waals surface area contributed by atoms with Gasteiger partial charge < -0.3 is 13.1 Å². The van der Waals surface area contributed by atoms with Crippen molar-refractivity contribution in [2.45, 2.75) is 30.8 Å². The van der Waals surface area contributed by atoms with Gasteiger partial charge in [0, 0.05) is 0 Å². The summed E-state index contributed by atoms with van der Waals surface area (Å²) >= 11 is 0. The van der Waals surface area contributed by atoms with Gasteiger partial charge in [-0.1, -0.05) is 12.1 Å². The van der Waals surface area contributed by atoms with Crippen LogP contribution >= 0.6 is 0 Å². The van der Waals surface area contributed by atoms with Crippen molar-refractivity contribution in [1.29, 1.82) is 0 Å². The van der Waals surface area contributed by atoms with E-state index in [-0.39, 0.29) is 5.56 Å². The Hall–Kier alpha value is -2.42. The fraction of sp³-hybridized carbons (Fsp3) is 0.412. The molecule has 1 aromatic rings. The molecule has 1 aliphatic carbocycles. The smallest absolute Gasteiger partial charge is 0.497 e. The van der Waals surface area contributed by atoms with Crippen LogP contribution in [0.15, 0.2) is 47.9 Å². The van der Waals surface area contributed by atoms with Gasteiger partial charge in [0.15, 0.2) is 0 Å². The molecule has 32 heavy (non-hydrogen) atoms. The second-order valence-electron chi connectivity index (χ2n) is 6.70. The van der Waals surface area contributed by atoms with Crippen LogP contribution in [0.3, 0.4) is 0 Å². The predicted molar refractivity (Wildman–Crippen MR) is 97.7 cm³/mol. The fourth-order valence-corrected chi connectivity index (χ4v) is 3.92. The summed E-state index contributed by atoms with van der Waals surface area (Å²) in [5, 5.41) is 0.